The third-order valence-electron chi connectivity index (χ3n) is 3.65. The second-order valence-electron chi connectivity index (χ2n) is 5.08. The van der Waals surface area contributed by atoms with Crippen molar-refractivity contribution in [3.8, 4) is 0 Å². The Kier molecular flexibility index (Phi) is 4.05. The minimum Gasteiger partial charge on any atom is -0.271 e. The predicted octanol–water partition coefficient (Wildman–Crippen LogP) is 3.08. The van der Waals surface area contributed by atoms with Crippen molar-refractivity contribution in [2.24, 2.45) is 12.9 Å². The molecule has 0 saturated carbocycles. The van der Waals surface area contributed by atoms with Crippen LogP contribution in [0.25, 0.3) is 10.9 Å². The van der Waals surface area contributed by atoms with Gasteiger partial charge >= 0.3 is 0 Å². The smallest absolute Gasteiger partial charge is 0.0889 e. The summed E-state index contributed by atoms with van der Waals surface area (Å²) < 4.78 is 2.97. The van der Waals surface area contributed by atoms with Gasteiger partial charge in [0.1, 0.15) is 0 Å². The number of fused-ring (bicyclic) bond motifs is 1. The third-order valence-corrected chi connectivity index (χ3v) is 4.14. The number of aromatic nitrogens is 2. The molecule has 3 rings (SSSR count). The lowest BCUT2D eigenvalue weighted by Crippen LogP contribution is -2.30. The number of hydrogen-bond donors (Lipinski definition) is 2. The van der Waals surface area contributed by atoms with Crippen molar-refractivity contribution < 1.29 is 0 Å². The molecule has 0 fully saturated rings. The Balaban J connectivity index is 1.99. The molecule has 3 N–H and O–H groups in total. The van der Waals surface area contributed by atoms with Gasteiger partial charge < -0.3 is 0 Å². The van der Waals surface area contributed by atoms with Crippen molar-refractivity contribution in [3.05, 3.63) is 64.3 Å². The van der Waals surface area contributed by atoms with Gasteiger partial charge in [0.2, 0.25) is 0 Å². The predicted molar refractivity (Wildman–Crippen MR) is 88.6 cm³/mol. The van der Waals surface area contributed by atoms with Crippen molar-refractivity contribution in [3.63, 3.8) is 0 Å². The highest BCUT2D eigenvalue weighted by atomic mass is 79.9. The number of nitrogens with one attached hydrogen (secondary N) is 1. The highest BCUT2D eigenvalue weighted by molar-refractivity contribution is 9.10. The molecule has 3 aromatic rings. The molecule has 0 saturated heterocycles. The number of benzene rings is 2. The molecule has 0 amide bonds. The molecule has 0 bridgehead atoms. The summed E-state index contributed by atoms with van der Waals surface area (Å²) in [6.45, 7) is 0. The first-order chi connectivity index (χ1) is 10.2. The van der Waals surface area contributed by atoms with E-state index in [-0.39, 0.29) is 6.04 Å². The number of hydrazine groups is 1. The minimum atomic E-state index is -0.0228. The van der Waals surface area contributed by atoms with Crippen LogP contribution in [-0.4, -0.2) is 9.78 Å². The van der Waals surface area contributed by atoms with E-state index in [1.165, 1.54) is 5.56 Å². The number of halogens is 1. The first-order valence-electron chi connectivity index (χ1n) is 6.81. The van der Waals surface area contributed by atoms with Gasteiger partial charge in [0, 0.05) is 16.9 Å². The largest absolute Gasteiger partial charge is 0.271 e. The average molecular weight is 345 g/mol. The first kappa shape index (κ1) is 14.3. The van der Waals surface area contributed by atoms with E-state index in [0.717, 1.165) is 27.5 Å². The van der Waals surface area contributed by atoms with Gasteiger partial charge in [-0.05, 0) is 30.2 Å². The molecule has 0 aliphatic heterocycles. The lowest BCUT2D eigenvalue weighted by atomic mass is 10.0. The fourth-order valence-corrected chi connectivity index (χ4v) is 3.08. The maximum Gasteiger partial charge on any atom is 0.0889 e. The molecule has 1 aromatic heterocycles. The van der Waals surface area contributed by atoms with Crippen molar-refractivity contribution >= 4 is 26.8 Å². The molecule has 1 unspecified atom stereocenters. The van der Waals surface area contributed by atoms with Gasteiger partial charge in [0.25, 0.3) is 0 Å². The quantitative estimate of drug-likeness (QED) is 0.564. The Morgan fingerprint density at radius 1 is 1.24 bits per heavy atom. The van der Waals surface area contributed by atoms with E-state index in [1.807, 2.05) is 36.0 Å². The zero-order valence-corrected chi connectivity index (χ0v) is 13.3. The Hall–Kier alpha value is -1.69. The average Bonchev–Trinajstić information content (AvgIpc) is 2.83. The molecule has 0 aliphatic rings. The van der Waals surface area contributed by atoms with Crippen LogP contribution < -0.4 is 11.3 Å². The van der Waals surface area contributed by atoms with Crippen LogP contribution >= 0.6 is 15.9 Å². The van der Waals surface area contributed by atoms with E-state index in [4.69, 9.17) is 5.84 Å². The molecule has 5 heteroatoms. The number of nitrogens with two attached hydrogens (primary N) is 1. The highest BCUT2D eigenvalue weighted by Gasteiger charge is 2.18. The molecule has 2 aromatic carbocycles. The van der Waals surface area contributed by atoms with E-state index < -0.39 is 0 Å². The Morgan fingerprint density at radius 3 is 2.81 bits per heavy atom. The van der Waals surface area contributed by atoms with Crippen LogP contribution in [0.5, 0.6) is 0 Å². The van der Waals surface area contributed by atoms with Crippen molar-refractivity contribution in [1.82, 2.24) is 15.2 Å². The van der Waals surface area contributed by atoms with Gasteiger partial charge in [0.15, 0.2) is 0 Å². The SMILES string of the molecule is Cn1nc(C(Cc2cccc(Br)c2)NN)c2ccccc21. The Labute approximate surface area is 132 Å². The van der Waals surface area contributed by atoms with Crippen LogP contribution in [0.4, 0.5) is 0 Å². The zero-order valence-electron chi connectivity index (χ0n) is 11.8. The number of nitrogens with zero attached hydrogens (tertiary/aromatic N) is 2. The Morgan fingerprint density at radius 2 is 2.05 bits per heavy atom. The maximum absolute atomic E-state index is 5.78. The third kappa shape index (κ3) is 2.85. The second-order valence-corrected chi connectivity index (χ2v) is 5.99. The van der Waals surface area contributed by atoms with Crippen molar-refractivity contribution in [2.75, 3.05) is 0 Å². The summed E-state index contributed by atoms with van der Waals surface area (Å²) >= 11 is 3.50. The van der Waals surface area contributed by atoms with Gasteiger partial charge in [-0.15, -0.1) is 0 Å². The van der Waals surface area contributed by atoms with Crippen LogP contribution in [0, 0.1) is 0 Å². The number of rotatable bonds is 4. The second kappa shape index (κ2) is 5.97. The normalized spacial score (nSPS) is 12.7. The topological polar surface area (TPSA) is 55.9 Å². The molecule has 0 spiro atoms. The fourth-order valence-electron chi connectivity index (χ4n) is 2.63. The standard InChI is InChI=1S/C16H17BrN4/c1-21-15-8-3-2-7-13(15)16(20-21)14(19-18)10-11-5-4-6-12(17)9-11/h2-9,14,19H,10,18H2,1H3. The van der Waals surface area contributed by atoms with E-state index in [1.54, 1.807) is 0 Å². The van der Waals surface area contributed by atoms with Gasteiger partial charge in [0.05, 0.1) is 17.3 Å². The number of hydrogen-bond acceptors (Lipinski definition) is 3. The van der Waals surface area contributed by atoms with Crippen molar-refractivity contribution in [2.45, 2.75) is 12.5 Å². The minimum absolute atomic E-state index is 0.0228. The van der Waals surface area contributed by atoms with Crippen LogP contribution in [0.1, 0.15) is 17.3 Å². The maximum atomic E-state index is 5.78. The summed E-state index contributed by atoms with van der Waals surface area (Å²) in [5, 5.41) is 5.78. The van der Waals surface area contributed by atoms with Crippen LogP contribution in [0.3, 0.4) is 0 Å². The van der Waals surface area contributed by atoms with Crippen LogP contribution in [-0.2, 0) is 13.5 Å². The van der Waals surface area contributed by atoms with Crippen LogP contribution in [0.15, 0.2) is 53.0 Å². The summed E-state index contributed by atoms with van der Waals surface area (Å²) in [7, 11) is 1.96. The molecular weight excluding hydrogens is 328 g/mol. The molecule has 1 heterocycles. The Bertz CT molecular complexity index is 766. The molecule has 1 atom stereocenters. The van der Waals surface area contributed by atoms with E-state index in [2.05, 4.69) is 50.7 Å². The lowest BCUT2D eigenvalue weighted by molar-refractivity contribution is 0.532. The lowest BCUT2D eigenvalue weighted by Gasteiger charge is -2.14. The number of aryl methyl sites for hydroxylation is 1. The summed E-state index contributed by atoms with van der Waals surface area (Å²) in [6, 6.07) is 16.4. The summed E-state index contributed by atoms with van der Waals surface area (Å²) in [5.41, 5.74) is 6.21. The van der Waals surface area contributed by atoms with Gasteiger partial charge in [-0.25, -0.2) is 0 Å². The fraction of sp³-hybridized carbons (Fsp3) is 0.188. The molecule has 21 heavy (non-hydrogen) atoms. The van der Waals surface area contributed by atoms with Gasteiger partial charge in [-0.3, -0.25) is 16.0 Å². The summed E-state index contributed by atoms with van der Waals surface area (Å²) in [6.07, 6.45) is 0.789. The highest BCUT2D eigenvalue weighted by Crippen LogP contribution is 2.26. The van der Waals surface area contributed by atoms with E-state index in [9.17, 15) is 0 Å². The number of para-hydroxylation sites is 1. The molecule has 4 nitrogen and oxygen atoms in total. The van der Waals surface area contributed by atoms with Crippen LogP contribution in [0.2, 0.25) is 0 Å². The molecule has 108 valence electrons. The molecule has 0 aliphatic carbocycles. The molecule has 0 radical (unpaired) electrons. The van der Waals surface area contributed by atoms with E-state index in [0.29, 0.717) is 0 Å². The van der Waals surface area contributed by atoms with E-state index >= 15 is 0 Å². The first-order valence-corrected chi connectivity index (χ1v) is 7.60. The summed E-state index contributed by atoms with van der Waals surface area (Å²) in [4.78, 5) is 0. The van der Waals surface area contributed by atoms with Gasteiger partial charge in [-0.2, -0.15) is 5.10 Å². The monoisotopic (exact) mass is 344 g/mol. The zero-order chi connectivity index (χ0) is 14.8. The molecular formula is C16H17BrN4. The van der Waals surface area contributed by atoms with Gasteiger partial charge in [-0.1, -0.05) is 46.3 Å². The summed E-state index contributed by atoms with van der Waals surface area (Å²) in [5.74, 6) is 5.78. The van der Waals surface area contributed by atoms with Crippen molar-refractivity contribution in [1.29, 1.82) is 0 Å².